The van der Waals surface area contributed by atoms with Crippen LogP contribution in [0.25, 0.3) is 5.65 Å². The maximum atomic E-state index is 13.0. The lowest BCUT2D eigenvalue weighted by atomic mass is 10.0. The lowest BCUT2D eigenvalue weighted by molar-refractivity contribution is -0.0489. The topological polar surface area (TPSA) is 96.1 Å². The van der Waals surface area contributed by atoms with Gasteiger partial charge in [-0.2, -0.15) is 17.5 Å². The van der Waals surface area contributed by atoms with Crippen LogP contribution in [-0.2, 0) is 23.0 Å². The highest BCUT2D eigenvalue weighted by Crippen LogP contribution is 2.33. The third-order valence-corrected chi connectivity index (χ3v) is 8.36. The summed E-state index contributed by atoms with van der Waals surface area (Å²) in [5.41, 5.74) is 0.406. The molecule has 0 bridgehead atoms. The zero-order chi connectivity index (χ0) is 27.2. The predicted molar refractivity (Wildman–Crippen MR) is 136 cm³/mol. The molecule has 3 aromatic rings. The summed E-state index contributed by atoms with van der Waals surface area (Å²) in [7, 11) is -5.37. The number of benzene rings is 1. The van der Waals surface area contributed by atoms with E-state index in [1.54, 1.807) is 10.5 Å². The molecule has 0 aliphatic carbocycles. The molecule has 200 valence electrons. The quantitative estimate of drug-likeness (QED) is 0.510. The number of fused-ring (bicyclic) bond motifs is 2. The van der Waals surface area contributed by atoms with Crippen LogP contribution >= 0.6 is 0 Å². The summed E-state index contributed by atoms with van der Waals surface area (Å²) >= 11 is 0. The molecule has 0 saturated carbocycles. The highest BCUT2D eigenvalue weighted by atomic mass is 32.2. The first-order valence-corrected chi connectivity index (χ1v) is 13.6. The van der Waals surface area contributed by atoms with E-state index in [0.29, 0.717) is 39.9 Å². The number of imidazole rings is 1. The van der Waals surface area contributed by atoms with E-state index < -0.39 is 15.5 Å². The van der Waals surface area contributed by atoms with Crippen LogP contribution in [0, 0.1) is 6.92 Å². The number of halogens is 3. The Morgan fingerprint density at radius 2 is 1.89 bits per heavy atom. The highest BCUT2D eigenvalue weighted by molar-refractivity contribution is 7.90. The molecule has 1 amide bonds. The number of allylic oxidation sites excluding steroid dienone is 1. The van der Waals surface area contributed by atoms with E-state index in [1.807, 2.05) is 56.4 Å². The largest absolute Gasteiger partial charge is 0.511 e. The molecule has 1 atom stereocenters. The molecule has 2 aliphatic heterocycles. The van der Waals surface area contributed by atoms with Gasteiger partial charge in [0.25, 0.3) is 5.91 Å². The van der Waals surface area contributed by atoms with Gasteiger partial charge in [0.1, 0.15) is 11.3 Å². The molecule has 1 aromatic carbocycles. The number of aliphatic imine (C=N–C) groups is 1. The van der Waals surface area contributed by atoms with E-state index >= 15 is 0 Å². The molecule has 2 aromatic heterocycles. The Hall–Kier alpha value is -3.51. The van der Waals surface area contributed by atoms with Crippen molar-refractivity contribution in [1.82, 2.24) is 19.0 Å². The summed E-state index contributed by atoms with van der Waals surface area (Å²) in [6.45, 7) is 3.64. The molecular weight excluding hydrogens is 519 g/mol. The van der Waals surface area contributed by atoms with Crippen molar-refractivity contribution in [3.8, 4) is 0 Å². The molecule has 12 heteroatoms. The van der Waals surface area contributed by atoms with Gasteiger partial charge in [-0.15, -0.1) is 0 Å². The lowest BCUT2D eigenvalue weighted by Crippen LogP contribution is -2.46. The van der Waals surface area contributed by atoms with Gasteiger partial charge in [-0.05, 0) is 54.2 Å². The van der Waals surface area contributed by atoms with Crippen molar-refractivity contribution in [2.45, 2.75) is 44.8 Å². The summed E-state index contributed by atoms with van der Waals surface area (Å²) in [6.07, 6.45) is 4.36. The molecule has 1 fully saturated rings. The number of pyridine rings is 1. The van der Waals surface area contributed by atoms with Gasteiger partial charge in [0.05, 0.1) is 17.4 Å². The van der Waals surface area contributed by atoms with Gasteiger partial charge in [-0.3, -0.25) is 14.2 Å². The van der Waals surface area contributed by atoms with E-state index in [2.05, 4.69) is 15.3 Å². The fourth-order valence-electron chi connectivity index (χ4n) is 4.77. The molecule has 4 heterocycles. The minimum absolute atomic E-state index is 0.192. The van der Waals surface area contributed by atoms with Gasteiger partial charge in [-0.25, -0.2) is 13.4 Å². The number of carbonyl (C=O) groups excluding carboxylic acids is 1. The number of piperidine rings is 1. The second-order valence-electron chi connectivity index (χ2n) is 9.40. The molecular formula is C26H26F3N5O3S. The van der Waals surface area contributed by atoms with Crippen LogP contribution in [0.2, 0.25) is 0 Å². The van der Waals surface area contributed by atoms with Gasteiger partial charge in [0.2, 0.25) is 0 Å². The molecule has 2 aliphatic rings. The normalized spacial score (nSPS) is 18.3. The highest BCUT2D eigenvalue weighted by Gasteiger charge is 2.51. The van der Waals surface area contributed by atoms with Crippen LogP contribution in [0.4, 0.5) is 13.2 Å². The van der Waals surface area contributed by atoms with Crippen LogP contribution in [0.3, 0.4) is 0 Å². The first kappa shape index (κ1) is 26.1. The van der Waals surface area contributed by atoms with Crippen molar-refractivity contribution in [2.24, 2.45) is 4.99 Å². The summed E-state index contributed by atoms with van der Waals surface area (Å²) < 4.78 is 64.7. The van der Waals surface area contributed by atoms with Gasteiger partial charge in [0, 0.05) is 25.8 Å². The van der Waals surface area contributed by atoms with Crippen molar-refractivity contribution in [3.05, 3.63) is 82.3 Å². The van der Waals surface area contributed by atoms with E-state index in [4.69, 9.17) is 0 Å². The summed E-state index contributed by atoms with van der Waals surface area (Å²) in [5, 5.41) is 2.95. The molecule has 1 saturated heterocycles. The summed E-state index contributed by atoms with van der Waals surface area (Å²) in [4.78, 5) is 22.2. The number of nitrogens with one attached hydrogen (secondary N) is 1. The van der Waals surface area contributed by atoms with Crippen LogP contribution in [0.1, 0.15) is 46.2 Å². The van der Waals surface area contributed by atoms with Crippen molar-refractivity contribution in [2.75, 3.05) is 13.1 Å². The summed E-state index contributed by atoms with van der Waals surface area (Å²) in [5.74, 6) is -0.226. The number of aromatic nitrogens is 2. The van der Waals surface area contributed by atoms with Crippen molar-refractivity contribution >= 4 is 27.3 Å². The average molecular weight is 546 g/mol. The average Bonchev–Trinajstić information content (AvgIpc) is 3.47. The fraction of sp³-hybridized carbons (Fsp3) is 0.346. The lowest BCUT2D eigenvalue weighted by Gasteiger charge is -2.30. The number of carbonyl (C=O) groups is 1. The molecule has 1 unspecified atom stereocenters. The monoisotopic (exact) mass is 545 g/mol. The van der Waals surface area contributed by atoms with Crippen molar-refractivity contribution < 1.29 is 26.4 Å². The van der Waals surface area contributed by atoms with Gasteiger partial charge >= 0.3 is 15.5 Å². The molecule has 1 N–H and O–H groups in total. The SMILES string of the molecule is CCc1nc2ccc(C)cn2c1C(=O)NCc1ccc(C2=NC3CCN(S(=O)(=O)C(F)(F)F)CC3=C2)cc1. The molecule has 38 heavy (non-hydrogen) atoms. The number of sulfonamides is 1. The van der Waals surface area contributed by atoms with E-state index in [0.717, 1.165) is 22.4 Å². The molecule has 8 nitrogen and oxygen atoms in total. The fourth-order valence-corrected chi connectivity index (χ4v) is 5.72. The zero-order valence-electron chi connectivity index (χ0n) is 20.8. The molecule has 0 radical (unpaired) electrons. The number of aryl methyl sites for hydroxylation is 2. The second kappa shape index (κ2) is 9.66. The predicted octanol–water partition coefficient (Wildman–Crippen LogP) is 3.79. The Labute approximate surface area is 217 Å². The minimum Gasteiger partial charge on any atom is -0.347 e. The Balaban J connectivity index is 1.26. The van der Waals surface area contributed by atoms with Crippen LogP contribution in [0.5, 0.6) is 0 Å². The Kier molecular flexibility index (Phi) is 6.64. The number of nitrogens with zero attached hydrogens (tertiary/aromatic N) is 4. The van der Waals surface area contributed by atoms with Crippen LogP contribution in [0.15, 0.2) is 59.2 Å². The van der Waals surface area contributed by atoms with E-state index in [-0.39, 0.29) is 31.5 Å². The van der Waals surface area contributed by atoms with Crippen molar-refractivity contribution in [1.29, 1.82) is 0 Å². The maximum absolute atomic E-state index is 13.0. The van der Waals surface area contributed by atoms with E-state index in [1.165, 1.54) is 0 Å². The van der Waals surface area contributed by atoms with Gasteiger partial charge in [0.15, 0.2) is 0 Å². The number of hydrogen-bond donors (Lipinski definition) is 1. The zero-order valence-corrected chi connectivity index (χ0v) is 21.6. The third-order valence-electron chi connectivity index (χ3n) is 6.78. The third kappa shape index (κ3) is 4.73. The summed E-state index contributed by atoms with van der Waals surface area (Å²) in [6, 6.07) is 10.9. The van der Waals surface area contributed by atoms with Crippen LogP contribution in [-0.4, -0.2) is 58.4 Å². The Bertz CT molecular complexity index is 1570. The second-order valence-corrected chi connectivity index (χ2v) is 11.3. The number of rotatable bonds is 6. The van der Waals surface area contributed by atoms with Gasteiger partial charge in [-0.1, -0.05) is 37.3 Å². The van der Waals surface area contributed by atoms with Gasteiger partial charge < -0.3 is 5.32 Å². The number of amides is 1. The number of hydrogen-bond acceptors (Lipinski definition) is 5. The smallest absolute Gasteiger partial charge is 0.347 e. The minimum atomic E-state index is -5.37. The van der Waals surface area contributed by atoms with E-state index in [9.17, 15) is 26.4 Å². The standard InChI is InChI=1S/C26H26F3N5O3S/c1-3-20-24(34-14-16(2)4-9-23(34)32-20)25(35)30-13-17-5-7-18(8-6-17)22-12-19-15-33(11-10-21(19)31-22)38(36,37)26(27,28)29/h4-9,12,14,21H,3,10-11,13,15H2,1-2H3,(H,30,35). The first-order valence-electron chi connectivity index (χ1n) is 12.2. The van der Waals surface area contributed by atoms with Crippen molar-refractivity contribution in [3.63, 3.8) is 0 Å². The first-order chi connectivity index (χ1) is 18.0. The Morgan fingerprint density at radius 3 is 2.58 bits per heavy atom. The maximum Gasteiger partial charge on any atom is 0.511 e. The number of alkyl halides is 3. The molecule has 5 rings (SSSR count). The Morgan fingerprint density at radius 1 is 1.16 bits per heavy atom. The molecule has 0 spiro atoms. The van der Waals surface area contributed by atoms with Crippen LogP contribution < -0.4 is 5.32 Å².